The lowest BCUT2D eigenvalue weighted by Gasteiger charge is -2.32. The maximum Gasteiger partial charge on any atom is 0.243 e. The molecule has 0 bridgehead atoms. The van der Waals surface area contributed by atoms with E-state index in [0.29, 0.717) is 19.1 Å². The second kappa shape index (κ2) is 7.21. The summed E-state index contributed by atoms with van der Waals surface area (Å²) in [6.45, 7) is 1.22. The van der Waals surface area contributed by atoms with Crippen molar-refractivity contribution < 1.29 is 13.2 Å². The van der Waals surface area contributed by atoms with Crippen LogP contribution in [-0.4, -0.2) is 63.3 Å². The highest BCUT2D eigenvalue weighted by atomic mass is 32.2. The number of likely N-dealkylation sites (tertiary alicyclic amines) is 1. The quantitative estimate of drug-likeness (QED) is 0.857. The molecular formula is C15H23N3O3S. The van der Waals surface area contributed by atoms with Crippen molar-refractivity contribution in [2.24, 2.45) is 0 Å². The number of nitrogens with zero attached hydrogens (tertiary/aromatic N) is 2. The maximum atomic E-state index is 12.4. The summed E-state index contributed by atoms with van der Waals surface area (Å²) in [6.07, 6.45) is 1.80. The molecular weight excluding hydrogens is 302 g/mol. The van der Waals surface area contributed by atoms with Gasteiger partial charge in [0, 0.05) is 26.2 Å². The van der Waals surface area contributed by atoms with Crippen molar-refractivity contribution in [1.82, 2.24) is 14.5 Å². The van der Waals surface area contributed by atoms with Gasteiger partial charge in [0.25, 0.3) is 0 Å². The SMILES string of the molecule is CNC1CCN(C(=O)CN(C)S(=O)(=O)c2ccccc2)CC1. The smallest absolute Gasteiger partial charge is 0.243 e. The summed E-state index contributed by atoms with van der Waals surface area (Å²) < 4.78 is 25.9. The van der Waals surface area contributed by atoms with E-state index in [1.807, 2.05) is 7.05 Å². The first kappa shape index (κ1) is 16.9. The lowest BCUT2D eigenvalue weighted by molar-refractivity contribution is -0.132. The topological polar surface area (TPSA) is 69.7 Å². The molecule has 6 nitrogen and oxygen atoms in total. The lowest BCUT2D eigenvalue weighted by Crippen LogP contribution is -2.47. The molecule has 1 amide bonds. The van der Waals surface area contributed by atoms with Crippen molar-refractivity contribution in [2.75, 3.05) is 33.7 Å². The average molecular weight is 325 g/mol. The number of benzene rings is 1. The summed E-state index contributed by atoms with van der Waals surface area (Å²) in [6, 6.07) is 8.62. The van der Waals surface area contributed by atoms with E-state index in [4.69, 9.17) is 0 Å². The minimum Gasteiger partial charge on any atom is -0.341 e. The second-order valence-corrected chi connectivity index (χ2v) is 7.56. The molecule has 7 heteroatoms. The Balaban J connectivity index is 1.97. The minimum absolute atomic E-state index is 0.124. The summed E-state index contributed by atoms with van der Waals surface area (Å²) in [4.78, 5) is 14.2. The highest BCUT2D eigenvalue weighted by Gasteiger charge is 2.27. The maximum absolute atomic E-state index is 12.4. The number of rotatable bonds is 5. The third-order valence-corrected chi connectivity index (χ3v) is 5.88. The summed E-state index contributed by atoms with van der Waals surface area (Å²) in [7, 11) is -0.251. The Bertz CT molecular complexity index is 596. The Labute approximate surface area is 132 Å². The zero-order valence-electron chi connectivity index (χ0n) is 13.0. The van der Waals surface area contributed by atoms with Gasteiger partial charge in [-0.3, -0.25) is 4.79 Å². The normalized spacial score (nSPS) is 17.0. The molecule has 1 fully saturated rings. The van der Waals surface area contributed by atoms with Crippen molar-refractivity contribution in [3.63, 3.8) is 0 Å². The van der Waals surface area contributed by atoms with Crippen LogP contribution in [-0.2, 0) is 14.8 Å². The summed E-state index contributed by atoms with van der Waals surface area (Å²) >= 11 is 0. The van der Waals surface area contributed by atoms with Crippen LogP contribution in [0.25, 0.3) is 0 Å². The van der Waals surface area contributed by atoms with Gasteiger partial charge in [-0.2, -0.15) is 4.31 Å². The number of likely N-dealkylation sites (N-methyl/N-ethyl adjacent to an activating group) is 1. The minimum atomic E-state index is -3.61. The summed E-state index contributed by atoms with van der Waals surface area (Å²) in [5.74, 6) is -0.142. The zero-order valence-corrected chi connectivity index (χ0v) is 13.8. The van der Waals surface area contributed by atoms with E-state index in [1.54, 1.807) is 23.1 Å². The molecule has 1 aliphatic rings. The van der Waals surface area contributed by atoms with Gasteiger partial charge in [0.05, 0.1) is 11.4 Å². The highest BCUT2D eigenvalue weighted by Crippen LogP contribution is 2.15. The van der Waals surface area contributed by atoms with Crippen molar-refractivity contribution in [3.8, 4) is 0 Å². The third kappa shape index (κ3) is 3.85. The average Bonchev–Trinajstić information content (AvgIpc) is 2.55. The number of nitrogens with one attached hydrogen (secondary N) is 1. The van der Waals surface area contributed by atoms with Crippen LogP contribution in [0.2, 0.25) is 0 Å². The highest BCUT2D eigenvalue weighted by molar-refractivity contribution is 7.89. The molecule has 1 aliphatic heterocycles. The molecule has 0 spiro atoms. The number of sulfonamides is 1. The van der Waals surface area contributed by atoms with E-state index in [2.05, 4.69) is 5.32 Å². The van der Waals surface area contributed by atoms with Crippen LogP contribution in [0.5, 0.6) is 0 Å². The van der Waals surface area contributed by atoms with Gasteiger partial charge in [0.15, 0.2) is 0 Å². The molecule has 1 aromatic rings. The third-order valence-electron chi connectivity index (χ3n) is 4.07. The van der Waals surface area contributed by atoms with Crippen LogP contribution in [0.1, 0.15) is 12.8 Å². The van der Waals surface area contributed by atoms with E-state index >= 15 is 0 Å². The molecule has 0 radical (unpaired) electrons. The number of carbonyl (C=O) groups is 1. The molecule has 0 atom stereocenters. The van der Waals surface area contributed by atoms with Crippen LogP contribution in [0.15, 0.2) is 35.2 Å². The number of amides is 1. The van der Waals surface area contributed by atoms with E-state index < -0.39 is 10.0 Å². The van der Waals surface area contributed by atoms with Crippen LogP contribution in [0.4, 0.5) is 0 Å². The van der Waals surface area contributed by atoms with Gasteiger partial charge in [0.2, 0.25) is 15.9 Å². The monoisotopic (exact) mass is 325 g/mol. The molecule has 2 rings (SSSR count). The predicted octanol–water partition coefficient (Wildman–Crippen LogP) is 0.518. The Morgan fingerprint density at radius 3 is 2.41 bits per heavy atom. The Morgan fingerprint density at radius 2 is 1.86 bits per heavy atom. The van der Waals surface area contributed by atoms with E-state index in [-0.39, 0.29) is 17.3 Å². The number of hydrogen-bond acceptors (Lipinski definition) is 4. The van der Waals surface area contributed by atoms with Gasteiger partial charge in [-0.25, -0.2) is 8.42 Å². The Kier molecular flexibility index (Phi) is 5.55. The summed E-state index contributed by atoms with van der Waals surface area (Å²) in [5.41, 5.74) is 0. The largest absolute Gasteiger partial charge is 0.341 e. The van der Waals surface area contributed by atoms with Crippen LogP contribution < -0.4 is 5.32 Å². The molecule has 0 aliphatic carbocycles. The lowest BCUT2D eigenvalue weighted by atomic mass is 10.1. The fraction of sp³-hybridized carbons (Fsp3) is 0.533. The van der Waals surface area contributed by atoms with Gasteiger partial charge in [-0.05, 0) is 32.0 Å². The van der Waals surface area contributed by atoms with Crippen molar-refractivity contribution in [3.05, 3.63) is 30.3 Å². The van der Waals surface area contributed by atoms with Gasteiger partial charge in [-0.1, -0.05) is 18.2 Å². The van der Waals surface area contributed by atoms with E-state index in [1.165, 1.54) is 19.2 Å². The molecule has 0 aromatic heterocycles. The van der Waals surface area contributed by atoms with Gasteiger partial charge in [0.1, 0.15) is 0 Å². The number of carbonyl (C=O) groups excluding carboxylic acids is 1. The first-order valence-corrected chi connectivity index (χ1v) is 8.85. The number of piperidine rings is 1. The predicted molar refractivity (Wildman–Crippen MR) is 84.9 cm³/mol. The molecule has 0 unspecified atom stereocenters. The van der Waals surface area contributed by atoms with Crippen LogP contribution >= 0.6 is 0 Å². The molecule has 0 saturated carbocycles. The molecule has 1 N–H and O–H groups in total. The standard InChI is InChI=1S/C15H23N3O3S/c1-16-13-8-10-18(11-9-13)15(19)12-17(2)22(20,21)14-6-4-3-5-7-14/h3-7,13,16H,8-12H2,1-2H3. The Hall–Kier alpha value is -1.44. The van der Waals surface area contributed by atoms with E-state index in [9.17, 15) is 13.2 Å². The fourth-order valence-electron chi connectivity index (χ4n) is 2.57. The fourth-order valence-corrected chi connectivity index (χ4v) is 3.71. The van der Waals surface area contributed by atoms with Crippen molar-refractivity contribution in [1.29, 1.82) is 0 Å². The molecule has 1 aromatic carbocycles. The van der Waals surface area contributed by atoms with E-state index in [0.717, 1.165) is 17.1 Å². The van der Waals surface area contributed by atoms with Crippen LogP contribution in [0.3, 0.4) is 0 Å². The number of hydrogen-bond donors (Lipinski definition) is 1. The first-order valence-electron chi connectivity index (χ1n) is 7.41. The second-order valence-electron chi connectivity index (χ2n) is 5.52. The molecule has 22 heavy (non-hydrogen) atoms. The zero-order chi connectivity index (χ0) is 16.2. The van der Waals surface area contributed by atoms with Crippen LogP contribution in [0, 0.1) is 0 Å². The molecule has 1 saturated heterocycles. The molecule has 122 valence electrons. The van der Waals surface area contributed by atoms with Gasteiger partial charge in [-0.15, -0.1) is 0 Å². The van der Waals surface area contributed by atoms with Gasteiger partial charge >= 0.3 is 0 Å². The summed E-state index contributed by atoms with van der Waals surface area (Å²) in [5, 5.41) is 3.21. The Morgan fingerprint density at radius 1 is 1.27 bits per heavy atom. The van der Waals surface area contributed by atoms with Gasteiger partial charge < -0.3 is 10.2 Å². The molecule has 1 heterocycles. The van der Waals surface area contributed by atoms with Crippen molar-refractivity contribution in [2.45, 2.75) is 23.8 Å². The van der Waals surface area contributed by atoms with Crippen molar-refractivity contribution >= 4 is 15.9 Å². The first-order chi connectivity index (χ1) is 10.4.